The highest BCUT2D eigenvalue weighted by Crippen LogP contribution is 2.56. The number of nitrogens with zero attached hydrogens (tertiary/aromatic N) is 2. The van der Waals surface area contributed by atoms with E-state index >= 15 is 0 Å². The molecule has 3 atom stereocenters. The number of halogens is 8. The van der Waals surface area contributed by atoms with Crippen LogP contribution in [-0.2, 0) is 48.6 Å². The number of amides is 3. The lowest BCUT2D eigenvalue weighted by Gasteiger charge is -2.37. The number of quaternary nitrogens is 4. The van der Waals surface area contributed by atoms with E-state index in [1.807, 2.05) is 0 Å². The van der Waals surface area contributed by atoms with Crippen molar-refractivity contribution in [1.29, 1.82) is 0 Å². The summed E-state index contributed by atoms with van der Waals surface area (Å²) in [6.07, 6.45) is -6.11. The van der Waals surface area contributed by atoms with Crippen molar-refractivity contribution in [3.05, 3.63) is 105 Å². The van der Waals surface area contributed by atoms with Crippen LogP contribution in [0.1, 0.15) is 38.2 Å². The minimum absolute atomic E-state index is 0. The Bertz CT molecular complexity index is 2050. The molecule has 0 bridgehead atoms. The summed E-state index contributed by atoms with van der Waals surface area (Å²) >= 11 is 2.99. The number of alkyl halides is 7. The fourth-order valence-electron chi connectivity index (χ4n) is 4.79. The molecular formula is C29H38BrF7N9O9P2+. The van der Waals surface area contributed by atoms with Gasteiger partial charge in [0.2, 0.25) is 19.4 Å². The van der Waals surface area contributed by atoms with E-state index in [2.05, 4.69) is 36.8 Å². The van der Waals surface area contributed by atoms with Crippen LogP contribution in [0, 0.1) is 0 Å². The molecule has 0 radical (unpaired) electrons. The number of carbonyl (C=O) groups is 3. The van der Waals surface area contributed by atoms with Crippen LogP contribution in [0.15, 0.2) is 81.4 Å². The Morgan fingerprint density at radius 2 is 1.19 bits per heavy atom. The molecule has 0 saturated heterocycles. The summed E-state index contributed by atoms with van der Waals surface area (Å²) in [6, 6.07) is 5.34. The average Bonchev–Trinajstić information content (AvgIpc) is 3.86. The maximum atomic E-state index is 14.1. The molecule has 0 aliphatic carbocycles. The first-order valence-corrected chi connectivity index (χ1v) is 18.3. The molecule has 1 aliphatic rings. The molecule has 0 aromatic heterocycles. The summed E-state index contributed by atoms with van der Waals surface area (Å²) in [5.41, 5.74) is -10.5. The largest absolute Gasteiger partial charge is 0.806 e. The number of primary amides is 1. The second-order valence-electron chi connectivity index (χ2n) is 11.5. The van der Waals surface area contributed by atoms with Crippen LogP contribution in [0.4, 0.5) is 30.7 Å². The van der Waals surface area contributed by atoms with Gasteiger partial charge in [0.25, 0.3) is 11.6 Å². The Kier molecular flexibility index (Phi) is 17.2. The molecule has 3 amide bonds. The summed E-state index contributed by atoms with van der Waals surface area (Å²) in [5.74, 6) is -3.60. The van der Waals surface area contributed by atoms with Gasteiger partial charge in [-0.3, -0.25) is 14.4 Å². The molecule has 318 valence electrons. The molecular weight excluding hydrogens is 893 g/mol. The van der Waals surface area contributed by atoms with Crippen LogP contribution in [0.5, 0.6) is 0 Å². The van der Waals surface area contributed by atoms with E-state index < -0.39 is 103 Å². The third-order valence-corrected chi connectivity index (χ3v) is 10.1. The lowest BCUT2D eigenvalue weighted by Crippen LogP contribution is -2.54. The van der Waals surface area contributed by atoms with Crippen molar-refractivity contribution in [2.45, 2.75) is 48.1 Å². The Morgan fingerprint density at radius 1 is 0.754 bits per heavy atom. The third kappa shape index (κ3) is 11.5. The molecule has 4 rings (SSSR count). The van der Waals surface area contributed by atoms with Gasteiger partial charge in [0.15, 0.2) is 0 Å². The van der Waals surface area contributed by atoms with Crippen LogP contribution < -0.4 is 55.6 Å². The Balaban J connectivity index is 0.00000784. The van der Waals surface area contributed by atoms with E-state index in [-0.39, 0.29) is 40.2 Å². The maximum Gasteiger partial charge on any atom is 0.442 e. The van der Waals surface area contributed by atoms with Gasteiger partial charge in [-0.2, -0.15) is 30.7 Å². The van der Waals surface area contributed by atoms with Gasteiger partial charge in [0.1, 0.15) is 12.1 Å². The number of carbonyl (C=O) groups excluding carboxylic acids is 3. The normalized spacial score (nSPS) is 15.4. The van der Waals surface area contributed by atoms with E-state index in [1.165, 1.54) is 0 Å². The minimum atomic E-state index is -6.41. The predicted molar refractivity (Wildman–Crippen MR) is 189 cm³/mol. The van der Waals surface area contributed by atoms with Gasteiger partial charge in [0.05, 0.1) is 0 Å². The van der Waals surface area contributed by atoms with E-state index in [0.717, 1.165) is 42.5 Å². The average molecular weight is 932 g/mol. The van der Waals surface area contributed by atoms with Gasteiger partial charge in [-0.15, -0.1) is 10.2 Å². The quantitative estimate of drug-likeness (QED) is 0.0845. The van der Waals surface area contributed by atoms with E-state index in [4.69, 9.17) is 10.6 Å². The zero-order valence-corrected chi connectivity index (χ0v) is 33.4. The van der Waals surface area contributed by atoms with Gasteiger partial charge in [-0.1, -0.05) is 64.5 Å². The van der Waals surface area contributed by atoms with Gasteiger partial charge in [-0.25, -0.2) is 0 Å². The Labute approximate surface area is 326 Å². The molecule has 57 heavy (non-hydrogen) atoms. The SMILES string of the molecule is NC(=O)[C@H](Cc1ccc(C(F)(F)P(=O)([O-])[O-])cc1)NC(=O)[C@H](Cc1ccc(C(F)(F)P(=O)([O-])O)cc1)NC(=O)c1cc(Br)cc(C2(C(F)(F)F)N=N2)c1.[NH4+].[NH4+].[NH4+].[NH4+]. The van der Waals surface area contributed by atoms with Crippen LogP contribution >= 0.6 is 31.1 Å². The first kappa shape index (κ1) is 52.8. The highest BCUT2D eigenvalue weighted by atomic mass is 79.9. The predicted octanol–water partition coefficient (Wildman–Crippen LogP) is 4.25. The lowest BCUT2D eigenvalue weighted by molar-refractivity contribution is -0.335. The highest BCUT2D eigenvalue weighted by molar-refractivity contribution is 9.10. The van der Waals surface area contributed by atoms with Crippen LogP contribution in [-0.4, -0.2) is 40.9 Å². The first-order valence-electron chi connectivity index (χ1n) is 14.4. The molecule has 28 heteroatoms. The lowest BCUT2D eigenvalue weighted by atomic mass is 9.99. The smallest absolute Gasteiger partial charge is 0.442 e. The summed E-state index contributed by atoms with van der Waals surface area (Å²) in [4.78, 5) is 81.3. The Hall–Kier alpha value is -4.20. The van der Waals surface area contributed by atoms with Crippen molar-refractivity contribution < 1.29 is 73.8 Å². The van der Waals surface area contributed by atoms with Crippen molar-refractivity contribution in [2.75, 3.05) is 0 Å². The third-order valence-electron chi connectivity index (χ3n) is 7.72. The molecule has 3 aromatic carbocycles. The molecule has 0 saturated carbocycles. The number of hydrogen-bond donors (Lipinski definition) is 8. The van der Waals surface area contributed by atoms with Gasteiger partial charge in [-0.05, 0) is 29.3 Å². The molecule has 0 fully saturated rings. The van der Waals surface area contributed by atoms with Crippen molar-refractivity contribution >= 4 is 48.8 Å². The molecule has 1 unspecified atom stereocenters. The molecule has 1 aliphatic heterocycles. The number of nitrogens with two attached hydrogens (primary N) is 1. The van der Waals surface area contributed by atoms with Gasteiger partial charge >= 0.3 is 17.5 Å². The number of benzene rings is 3. The number of hydrogen-bond acceptors (Lipinski definition) is 10. The first-order chi connectivity index (χ1) is 24.2. The topological polar surface area (TPSA) is 396 Å². The molecule has 21 N–H and O–H groups in total. The van der Waals surface area contributed by atoms with Crippen LogP contribution in [0.3, 0.4) is 0 Å². The second-order valence-corrected chi connectivity index (χ2v) is 15.6. The van der Waals surface area contributed by atoms with Crippen LogP contribution in [0.2, 0.25) is 0 Å². The minimum Gasteiger partial charge on any atom is -0.806 e. The fourth-order valence-corrected chi connectivity index (χ4v) is 6.22. The van der Waals surface area contributed by atoms with E-state index in [0.29, 0.717) is 24.3 Å². The van der Waals surface area contributed by atoms with Crippen LogP contribution in [0.25, 0.3) is 0 Å². The summed E-state index contributed by atoms with van der Waals surface area (Å²) in [7, 11) is -12.6. The summed E-state index contributed by atoms with van der Waals surface area (Å²) in [6.45, 7) is 0. The summed E-state index contributed by atoms with van der Waals surface area (Å²) in [5, 5.41) is 10.6. The van der Waals surface area contributed by atoms with Crippen molar-refractivity contribution in [1.82, 2.24) is 35.2 Å². The van der Waals surface area contributed by atoms with Crippen molar-refractivity contribution in [3.63, 3.8) is 0 Å². The van der Waals surface area contributed by atoms with Crippen molar-refractivity contribution in [2.24, 2.45) is 16.0 Å². The Morgan fingerprint density at radius 3 is 1.58 bits per heavy atom. The number of nitrogens with one attached hydrogen (secondary N) is 2. The summed E-state index contributed by atoms with van der Waals surface area (Å²) < 4.78 is 119. The second kappa shape index (κ2) is 18.6. The van der Waals surface area contributed by atoms with Crippen molar-refractivity contribution in [3.8, 4) is 0 Å². The molecule has 0 spiro atoms. The number of rotatable bonds is 14. The highest BCUT2D eigenvalue weighted by Gasteiger charge is 2.65. The monoisotopic (exact) mass is 930 g/mol. The van der Waals surface area contributed by atoms with E-state index in [9.17, 15) is 68.9 Å². The zero-order chi connectivity index (χ0) is 39.9. The fraction of sp³-hybridized carbons (Fsp3) is 0.276. The molecule has 1 heterocycles. The maximum absolute atomic E-state index is 14.1. The van der Waals surface area contributed by atoms with Gasteiger partial charge < -0.3 is 69.7 Å². The standard InChI is InChI=1S/C29H25BrF7N5O9P2.4H3N/c30-20-12-16(11-19(13-20)26(41-42-26)29(35,36)37)24(44)40-22(10-15-3-7-18(8-4-15)28(33,34)53(49,50)51)25(45)39-21(23(38)43)9-14-1-5-17(6-2-14)27(31,32)52(46,47)48;;;;/h1-8,11-13,21-22H,9-10H2,(H2,38,43)(H,39,45)(H,40,44)(H2,46,47,48)(H2,49,50,51);4*1H3/p+1/t21-,22-;;;;/m0..../s1. The molecule has 3 aromatic rings. The molecule has 18 nitrogen and oxygen atoms in total. The van der Waals surface area contributed by atoms with E-state index in [1.54, 1.807) is 0 Å². The zero-order valence-electron chi connectivity index (χ0n) is 30.0. The van der Waals surface area contributed by atoms with Gasteiger partial charge in [0, 0.05) is 47.2 Å².